The lowest BCUT2D eigenvalue weighted by Crippen LogP contribution is -2.58. The van der Waals surface area contributed by atoms with Crippen molar-refractivity contribution in [3.05, 3.63) is 60.2 Å². The van der Waals surface area contributed by atoms with Crippen molar-refractivity contribution < 1.29 is 14.6 Å². The van der Waals surface area contributed by atoms with Gasteiger partial charge in [-0.3, -0.25) is 9.69 Å². The summed E-state index contributed by atoms with van der Waals surface area (Å²) in [6, 6.07) is 17.4. The number of amides is 1. The number of piperidine rings is 1. The molecule has 162 valence electrons. The van der Waals surface area contributed by atoms with Gasteiger partial charge in [0.25, 0.3) is 0 Å². The second kappa shape index (κ2) is 10.6. The molecule has 5 heteroatoms. The van der Waals surface area contributed by atoms with E-state index in [0.29, 0.717) is 19.5 Å². The molecule has 30 heavy (non-hydrogen) atoms. The van der Waals surface area contributed by atoms with Crippen molar-refractivity contribution >= 4 is 11.6 Å². The molecule has 0 aliphatic carbocycles. The van der Waals surface area contributed by atoms with Gasteiger partial charge in [-0.15, -0.1) is 0 Å². The second-order valence-electron chi connectivity index (χ2n) is 8.38. The van der Waals surface area contributed by atoms with Crippen LogP contribution in [0.5, 0.6) is 5.75 Å². The zero-order valence-electron chi connectivity index (χ0n) is 18.1. The lowest BCUT2D eigenvalue weighted by Gasteiger charge is -2.44. The maximum Gasteiger partial charge on any atom is 0.238 e. The van der Waals surface area contributed by atoms with Gasteiger partial charge >= 0.3 is 0 Å². The fourth-order valence-corrected chi connectivity index (χ4v) is 3.97. The van der Waals surface area contributed by atoms with Crippen LogP contribution in [-0.4, -0.2) is 47.3 Å². The average Bonchev–Trinajstić information content (AvgIpc) is 2.73. The highest BCUT2D eigenvalue weighted by Gasteiger charge is 2.43. The first-order valence-corrected chi connectivity index (χ1v) is 11.0. The zero-order valence-corrected chi connectivity index (χ0v) is 18.1. The number of nitrogens with zero attached hydrogens (tertiary/aromatic N) is 1. The van der Waals surface area contributed by atoms with Crippen molar-refractivity contribution in [2.75, 3.05) is 25.0 Å². The highest BCUT2D eigenvalue weighted by molar-refractivity contribution is 5.92. The van der Waals surface area contributed by atoms with Crippen LogP contribution >= 0.6 is 0 Å². The number of aliphatic hydroxyl groups is 1. The highest BCUT2D eigenvalue weighted by Crippen LogP contribution is 2.31. The molecule has 5 nitrogen and oxygen atoms in total. The van der Waals surface area contributed by atoms with Crippen LogP contribution in [0.1, 0.15) is 44.6 Å². The summed E-state index contributed by atoms with van der Waals surface area (Å²) in [5, 5.41) is 14.3. The summed E-state index contributed by atoms with van der Waals surface area (Å²) in [6.45, 7) is 5.68. The van der Waals surface area contributed by atoms with E-state index in [4.69, 9.17) is 4.74 Å². The van der Waals surface area contributed by atoms with Gasteiger partial charge in [-0.1, -0.05) is 62.1 Å². The number of hydrogen-bond donors (Lipinski definition) is 2. The predicted octanol–water partition coefficient (Wildman–Crippen LogP) is 4.40. The Morgan fingerprint density at radius 1 is 1.17 bits per heavy atom. The molecule has 1 saturated heterocycles. The number of likely N-dealkylation sites (tertiary alicyclic amines) is 1. The van der Waals surface area contributed by atoms with Crippen LogP contribution in [0.15, 0.2) is 54.6 Å². The Balaban J connectivity index is 1.63. The molecule has 1 amide bonds. The van der Waals surface area contributed by atoms with Crippen molar-refractivity contribution in [1.29, 1.82) is 0 Å². The Kier molecular flexibility index (Phi) is 7.88. The normalized spacial score (nSPS) is 21.9. The van der Waals surface area contributed by atoms with E-state index in [1.54, 1.807) is 0 Å². The Bertz CT molecular complexity index is 794. The minimum atomic E-state index is -0.866. The van der Waals surface area contributed by atoms with E-state index in [9.17, 15) is 9.90 Å². The molecule has 0 radical (unpaired) electrons. The molecular formula is C25H34N2O3. The maximum absolute atomic E-state index is 12.5. The van der Waals surface area contributed by atoms with Gasteiger partial charge in [-0.25, -0.2) is 0 Å². The largest absolute Gasteiger partial charge is 0.486 e. The first-order valence-electron chi connectivity index (χ1n) is 11.0. The van der Waals surface area contributed by atoms with Gasteiger partial charge < -0.3 is 15.2 Å². The summed E-state index contributed by atoms with van der Waals surface area (Å²) in [7, 11) is 0. The molecule has 0 saturated carbocycles. The number of rotatable bonds is 9. The van der Waals surface area contributed by atoms with Crippen molar-refractivity contribution in [3.8, 4) is 5.75 Å². The predicted molar refractivity (Wildman–Crippen MR) is 121 cm³/mol. The van der Waals surface area contributed by atoms with Crippen LogP contribution in [0.25, 0.3) is 0 Å². The Labute approximate surface area is 180 Å². The summed E-state index contributed by atoms with van der Waals surface area (Å²) >= 11 is 0. The monoisotopic (exact) mass is 410 g/mol. The van der Waals surface area contributed by atoms with Crippen LogP contribution < -0.4 is 10.1 Å². The van der Waals surface area contributed by atoms with Crippen molar-refractivity contribution in [3.63, 3.8) is 0 Å². The number of hydrogen-bond acceptors (Lipinski definition) is 4. The molecule has 2 aromatic carbocycles. The molecule has 0 unspecified atom stereocenters. The van der Waals surface area contributed by atoms with Gasteiger partial charge in [0.1, 0.15) is 17.5 Å². The number of anilines is 1. The zero-order chi connectivity index (χ0) is 21.4. The summed E-state index contributed by atoms with van der Waals surface area (Å²) in [5.41, 5.74) is 1.10. The molecule has 2 atom stereocenters. The van der Waals surface area contributed by atoms with Crippen molar-refractivity contribution in [1.82, 2.24) is 4.90 Å². The second-order valence-corrected chi connectivity index (χ2v) is 8.38. The number of nitrogens with one attached hydrogen (secondary N) is 1. The number of ether oxygens (including phenoxy) is 1. The van der Waals surface area contributed by atoms with Gasteiger partial charge in [0, 0.05) is 18.8 Å². The standard InChI is InChI=1S/C25H34N2O3/c1-3-4-8-15-25(29)16-17-27(18-23(25)30-22-9-6-5-7-10-22)19-24(28)26-21-13-11-20(2)12-14-21/h5-7,9-14,23,29H,3-4,8,15-19H2,1-2H3,(H,26,28)/t23-,25-/m0/s1. The minimum Gasteiger partial charge on any atom is -0.486 e. The molecule has 1 fully saturated rings. The number of carbonyl (C=O) groups is 1. The van der Waals surface area contributed by atoms with Gasteiger partial charge in [-0.2, -0.15) is 0 Å². The third-order valence-electron chi connectivity index (χ3n) is 5.82. The van der Waals surface area contributed by atoms with Crippen molar-refractivity contribution in [2.24, 2.45) is 0 Å². The number of aryl methyl sites for hydroxylation is 1. The molecule has 0 bridgehead atoms. The van der Waals surface area contributed by atoms with E-state index < -0.39 is 5.60 Å². The number of para-hydroxylation sites is 1. The summed E-state index contributed by atoms with van der Waals surface area (Å²) in [6.07, 6.45) is 4.16. The summed E-state index contributed by atoms with van der Waals surface area (Å²) in [5.74, 6) is 0.705. The van der Waals surface area contributed by atoms with E-state index in [0.717, 1.165) is 42.7 Å². The first-order chi connectivity index (χ1) is 14.5. The minimum absolute atomic E-state index is 0.0475. The number of benzene rings is 2. The van der Waals surface area contributed by atoms with E-state index in [-0.39, 0.29) is 18.6 Å². The summed E-state index contributed by atoms with van der Waals surface area (Å²) in [4.78, 5) is 14.6. The fraction of sp³-hybridized carbons (Fsp3) is 0.480. The Morgan fingerprint density at radius 3 is 2.60 bits per heavy atom. The SMILES string of the molecule is CCCCC[C@]1(O)CCN(CC(=O)Nc2ccc(C)cc2)C[C@@H]1Oc1ccccc1. The quantitative estimate of drug-likeness (QED) is 0.602. The van der Waals surface area contributed by atoms with Crippen LogP contribution in [0.2, 0.25) is 0 Å². The van der Waals surface area contributed by atoms with Gasteiger partial charge in [0.2, 0.25) is 5.91 Å². The molecule has 3 rings (SSSR count). The third-order valence-corrected chi connectivity index (χ3v) is 5.82. The molecular weight excluding hydrogens is 376 g/mol. The smallest absolute Gasteiger partial charge is 0.238 e. The topological polar surface area (TPSA) is 61.8 Å². The fourth-order valence-electron chi connectivity index (χ4n) is 3.97. The van der Waals surface area contributed by atoms with Gasteiger partial charge in [-0.05, 0) is 44.0 Å². The van der Waals surface area contributed by atoms with Crippen LogP contribution in [0, 0.1) is 6.92 Å². The lowest BCUT2D eigenvalue weighted by atomic mass is 9.83. The molecule has 0 aromatic heterocycles. The third kappa shape index (κ3) is 6.31. The molecule has 1 aliphatic heterocycles. The van der Waals surface area contributed by atoms with Gasteiger partial charge in [0.05, 0.1) is 6.54 Å². The Morgan fingerprint density at radius 2 is 1.90 bits per heavy atom. The molecule has 1 aliphatic rings. The first kappa shape index (κ1) is 22.3. The molecule has 2 N–H and O–H groups in total. The molecule has 1 heterocycles. The van der Waals surface area contributed by atoms with Crippen molar-refractivity contribution in [2.45, 2.75) is 57.7 Å². The van der Waals surface area contributed by atoms with Crippen LogP contribution in [0.4, 0.5) is 5.69 Å². The van der Waals surface area contributed by atoms with Crippen LogP contribution in [-0.2, 0) is 4.79 Å². The van der Waals surface area contributed by atoms with Gasteiger partial charge in [0.15, 0.2) is 0 Å². The Hall–Kier alpha value is -2.37. The summed E-state index contributed by atoms with van der Waals surface area (Å²) < 4.78 is 6.22. The highest BCUT2D eigenvalue weighted by atomic mass is 16.5. The van der Waals surface area contributed by atoms with Crippen LogP contribution in [0.3, 0.4) is 0 Å². The number of carbonyl (C=O) groups excluding carboxylic acids is 1. The van der Waals surface area contributed by atoms with E-state index in [2.05, 4.69) is 17.1 Å². The molecule has 0 spiro atoms. The molecule has 2 aromatic rings. The maximum atomic E-state index is 12.5. The van der Waals surface area contributed by atoms with E-state index >= 15 is 0 Å². The lowest BCUT2D eigenvalue weighted by molar-refractivity contribution is -0.127. The average molecular weight is 411 g/mol. The van der Waals surface area contributed by atoms with E-state index in [1.165, 1.54) is 0 Å². The number of unbranched alkanes of at least 4 members (excludes halogenated alkanes) is 2. The van der Waals surface area contributed by atoms with E-state index in [1.807, 2.05) is 61.5 Å².